The molecule has 3 heteroatoms. The third-order valence-electron chi connectivity index (χ3n) is 1.36. The molecule has 2 nitrogen and oxygen atoms in total. The number of halogens is 1. The molecule has 10 heavy (non-hydrogen) atoms. The molecule has 54 valence electrons. The molecular weight excluding hydrogens is 133 g/mol. The van der Waals surface area contributed by atoms with E-state index in [2.05, 4.69) is 4.98 Å². The summed E-state index contributed by atoms with van der Waals surface area (Å²) in [6.45, 7) is 1.65. The first kappa shape index (κ1) is 7.15. The van der Waals surface area contributed by atoms with E-state index in [0.717, 1.165) is 5.56 Å². The van der Waals surface area contributed by atoms with Crippen molar-refractivity contribution in [2.45, 2.75) is 13.5 Å². The number of rotatable bonds is 1. The molecule has 0 bridgehead atoms. The zero-order valence-electron chi connectivity index (χ0n) is 5.63. The van der Waals surface area contributed by atoms with E-state index in [1.54, 1.807) is 6.92 Å². The Bertz CT molecular complexity index is 237. The second kappa shape index (κ2) is 2.75. The highest BCUT2D eigenvalue weighted by Crippen LogP contribution is 2.06. The van der Waals surface area contributed by atoms with Crippen molar-refractivity contribution in [2.75, 3.05) is 0 Å². The molecule has 0 unspecified atom stereocenters. The van der Waals surface area contributed by atoms with Gasteiger partial charge in [0.15, 0.2) is 0 Å². The van der Waals surface area contributed by atoms with Crippen LogP contribution in [0.4, 0.5) is 4.39 Å². The van der Waals surface area contributed by atoms with E-state index in [9.17, 15) is 4.39 Å². The van der Waals surface area contributed by atoms with E-state index in [1.165, 1.54) is 12.3 Å². The molecule has 0 aliphatic carbocycles. The smallest absolute Gasteiger partial charge is 0.213 e. The molecule has 1 aromatic rings. The van der Waals surface area contributed by atoms with Crippen LogP contribution < -0.4 is 0 Å². The van der Waals surface area contributed by atoms with Crippen LogP contribution in [0.5, 0.6) is 0 Å². The van der Waals surface area contributed by atoms with Gasteiger partial charge in [0, 0.05) is 6.20 Å². The highest BCUT2D eigenvalue weighted by atomic mass is 19.1. The number of aromatic nitrogens is 1. The monoisotopic (exact) mass is 141 g/mol. The lowest BCUT2D eigenvalue weighted by atomic mass is 10.2. The number of hydrogen-bond donors (Lipinski definition) is 1. The summed E-state index contributed by atoms with van der Waals surface area (Å²) in [6, 6.07) is 1.30. The lowest BCUT2D eigenvalue weighted by Crippen LogP contribution is -1.92. The summed E-state index contributed by atoms with van der Waals surface area (Å²) in [5.41, 5.74) is 1.40. The van der Waals surface area contributed by atoms with Crippen molar-refractivity contribution in [3.05, 3.63) is 29.3 Å². The predicted molar refractivity (Wildman–Crippen MR) is 34.9 cm³/mol. The number of pyridine rings is 1. The Morgan fingerprint density at radius 3 is 2.90 bits per heavy atom. The molecule has 0 saturated carbocycles. The van der Waals surface area contributed by atoms with Crippen LogP contribution in [0.1, 0.15) is 11.1 Å². The standard InChI is InChI=1S/C7H8FNO/c1-5-2-7(8)9-3-6(5)4-10/h2-3,10H,4H2,1H3. The van der Waals surface area contributed by atoms with E-state index in [0.29, 0.717) is 5.56 Å². The minimum Gasteiger partial charge on any atom is -0.392 e. The molecule has 0 aliphatic heterocycles. The van der Waals surface area contributed by atoms with Gasteiger partial charge in [0.2, 0.25) is 5.95 Å². The summed E-state index contributed by atoms with van der Waals surface area (Å²) in [7, 11) is 0. The first-order chi connectivity index (χ1) is 4.74. The Morgan fingerprint density at radius 2 is 2.40 bits per heavy atom. The molecule has 0 fully saturated rings. The van der Waals surface area contributed by atoms with Gasteiger partial charge < -0.3 is 5.11 Å². The molecule has 0 radical (unpaired) electrons. The zero-order chi connectivity index (χ0) is 7.56. The third kappa shape index (κ3) is 1.30. The minimum absolute atomic E-state index is 0.0842. The molecular formula is C7H8FNO. The summed E-state index contributed by atoms with van der Waals surface area (Å²) in [5.74, 6) is -0.505. The molecule has 0 atom stereocenters. The summed E-state index contributed by atoms with van der Waals surface area (Å²) in [6.07, 6.45) is 1.34. The Morgan fingerprint density at radius 1 is 1.70 bits per heavy atom. The van der Waals surface area contributed by atoms with Gasteiger partial charge in [0.25, 0.3) is 0 Å². The van der Waals surface area contributed by atoms with Gasteiger partial charge in [-0.3, -0.25) is 0 Å². The molecule has 0 aliphatic rings. The highest BCUT2D eigenvalue weighted by molar-refractivity contribution is 5.20. The van der Waals surface area contributed by atoms with Gasteiger partial charge in [-0.15, -0.1) is 0 Å². The summed E-state index contributed by atoms with van der Waals surface area (Å²) in [4.78, 5) is 3.38. The zero-order valence-corrected chi connectivity index (χ0v) is 5.63. The number of nitrogens with zero attached hydrogens (tertiary/aromatic N) is 1. The van der Waals surface area contributed by atoms with Crippen molar-refractivity contribution >= 4 is 0 Å². The highest BCUT2D eigenvalue weighted by Gasteiger charge is 1.97. The van der Waals surface area contributed by atoms with Crippen molar-refractivity contribution in [2.24, 2.45) is 0 Å². The van der Waals surface area contributed by atoms with Crippen LogP contribution in [0.2, 0.25) is 0 Å². The van der Waals surface area contributed by atoms with Gasteiger partial charge in [-0.25, -0.2) is 4.98 Å². The topological polar surface area (TPSA) is 33.1 Å². The largest absolute Gasteiger partial charge is 0.392 e. The second-order valence-electron chi connectivity index (χ2n) is 2.09. The second-order valence-corrected chi connectivity index (χ2v) is 2.09. The fourth-order valence-corrected chi connectivity index (χ4v) is 0.716. The van der Waals surface area contributed by atoms with Gasteiger partial charge in [-0.2, -0.15) is 4.39 Å². The molecule has 1 aromatic heterocycles. The van der Waals surface area contributed by atoms with Gasteiger partial charge in [-0.1, -0.05) is 0 Å². The normalized spacial score (nSPS) is 9.90. The average Bonchev–Trinajstić information content (AvgIpc) is 1.88. The van der Waals surface area contributed by atoms with E-state index < -0.39 is 5.95 Å². The molecule has 0 saturated heterocycles. The van der Waals surface area contributed by atoms with E-state index in [-0.39, 0.29) is 6.61 Å². The Labute approximate surface area is 58.3 Å². The summed E-state index contributed by atoms with van der Waals surface area (Å²) >= 11 is 0. The van der Waals surface area contributed by atoms with Crippen molar-refractivity contribution in [3.8, 4) is 0 Å². The molecule has 1 heterocycles. The van der Waals surface area contributed by atoms with Crippen molar-refractivity contribution in [1.82, 2.24) is 4.98 Å². The fraction of sp³-hybridized carbons (Fsp3) is 0.286. The van der Waals surface area contributed by atoms with Crippen LogP contribution in [-0.2, 0) is 6.61 Å². The van der Waals surface area contributed by atoms with Crippen molar-refractivity contribution in [1.29, 1.82) is 0 Å². The van der Waals surface area contributed by atoms with E-state index >= 15 is 0 Å². The Balaban J connectivity index is 3.07. The van der Waals surface area contributed by atoms with Crippen LogP contribution in [0.25, 0.3) is 0 Å². The number of aliphatic hydroxyl groups excluding tert-OH is 1. The average molecular weight is 141 g/mol. The molecule has 0 spiro atoms. The lowest BCUT2D eigenvalue weighted by Gasteiger charge is -1.98. The third-order valence-corrected chi connectivity index (χ3v) is 1.36. The predicted octanol–water partition coefficient (Wildman–Crippen LogP) is 1.02. The Kier molecular flexibility index (Phi) is 1.97. The van der Waals surface area contributed by atoms with Crippen molar-refractivity contribution < 1.29 is 9.50 Å². The fourth-order valence-electron chi connectivity index (χ4n) is 0.716. The maximum atomic E-state index is 12.3. The first-order valence-electron chi connectivity index (χ1n) is 2.96. The molecule has 0 aromatic carbocycles. The SMILES string of the molecule is Cc1cc(F)ncc1CO. The first-order valence-corrected chi connectivity index (χ1v) is 2.96. The maximum absolute atomic E-state index is 12.3. The summed E-state index contributed by atoms with van der Waals surface area (Å²) in [5, 5.41) is 8.65. The van der Waals surface area contributed by atoms with E-state index in [4.69, 9.17) is 5.11 Å². The maximum Gasteiger partial charge on any atom is 0.213 e. The Hall–Kier alpha value is -0.960. The molecule has 0 amide bonds. The van der Waals surface area contributed by atoms with E-state index in [1.807, 2.05) is 0 Å². The summed E-state index contributed by atoms with van der Waals surface area (Å²) < 4.78 is 12.3. The quantitative estimate of drug-likeness (QED) is 0.592. The van der Waals surface area contributed by atoms with Crippen LogP contribution in [0.15, 0.2) is 12.3 Å². The number of aryl methyl sites for hydroxylation is 1. The van der Waals surface area contributed by atoms with Crippen LogP contribution >= 0.6 is 0 Å². The van der Waals surface area contributed by atoms with Crippen LogP contribution in [0, 0.1) is 12.9 Å². The number of hydrogen-bond acceptors (Lipinski definition) is 2. The lowest BCUT2D eigenvalue weighted by molar-refractivity contribution is 0.280. The number of aliphatic hydroxyl groups is 1. The van der Waals surface area contributed by atoms with Gasteiger partial charge in [-0.05, 0) is 24.1 Å². The van der Waals surface area contributed by atoms with Gasteiger partial charge >= 0.3 is 0 Å². The van der Waals surface area contributed by atoms with Crippen molar-refractivity contribution in [3.63, 3.8) is 0 Å². The van der Waals surface area contributed by atoms with Crippen LogP contribution in [-0.4, -0.2) is 10.1 Å². The van der Waals surface area contributed by atoms with Gasteiger partial charge in [0.05, 0.1) is 6.61 Å². The van der Waals surface area contributed by atoms with Crippen LogP contribution in [0.3, 0.4) is 0 Å². The molecule has 1 N–H and O–H groups in total. The molecule has 1 rings (SSSR count). The van der Waals surface area contributed by atoms with Gasteiger partial charge in [0.1, 0.15) is 0 Å². The minimum atomic E-state index is -0.505.